The van der Waals surface area contributed by atoms with Crippen LogP contribution in [0.3, 0.4) is 0 Å². The SMILES string of the molecule is CC[N+](CC)(CC)CCCCCCCCCCCCCCCCCCC(C)(C)CN(C(=O)c1ccc(OC)cc1N1CCC(COc2cc([C@@H](CC(=O)O)C3CC3)ccn2)CC1)c1cccc(C)n1. The van der Waals surface area contributed by atoms with Crippen molar-refractivity contribution in [2.24, 2.45) is 17.3 Å². The standard InChI is InChI=1S/C59H93N5O5/c1-8-64(9-2,10-3)41-26-24-22-20-18-16-14-12-11-13-15-17-19-21-23-25-37-59(5,6)46-63(55-29-27-28-47(4)61-55)58(67)52-33-32-51(68-7)43-54(52)62-39-35-48(36-40-62)45-69-56-42-50(34-38-60-56)53(44-57(65)66)49-30-31-49/h27-29,32-34,38,42-43,48-49,53H,8-26,30-31,35-37,39-41,44-46H2,1-7H3/p+1/t53-/m0/s1. The van der Waals surface area contributed by atoms with E-state index in [1.807, 2.05) is 60.4 Å². The van der Waals surface area contributed by atoms with Crippen LogP contribution >= 0.6 is 0 Å². The number of piperidine rings is 1. The van der Waals surface area contributed by atoms with Crippen molar-refractivity contribution in [2.75, 3.05) is 69.3 Å². The van der Waals surface area contributed by atoms with Crippen LogP contribution in [0.4, 0.5) is 11.5 Å². The maximum Gasteiger partial charge on any atom is 0.303 e. The molecule has 1 atom stereocenters. The molecule has 0 bridgehead atoms. The minimum absolute atomic E-state index is 0.00605. The molecular weight excluding hydrogens is 859 g/mol. The molecule has 1 amide bonds. The minimum atomic E-state index is -0.766. The number of ether oxygens (including phenoxy) is 2. The van der Waals surface area contributed by atoms with Gasteiger partial charge in [-0.1, -0.05) is 110 Å². The highest BCUT2D eigenvalue weighted by molar-refractivity contribution is 6.09. The smallest absolute Gasteiger partial charge is 0.303 e. The number of carbonyl (C=O) groups is 2. The van der Waals surface area contributed by atoms with Crippen molar-refractivity contribution in [3.05, 3.63) is 71.5 Å². The molecule has 1 saturated heterocycles. The highest BCUT2D eigenvalue weighted by atomic mass is 16.5. The zero-order valence-electron chi connectivity index (χ0n) is 44.5. The number of carboxylic acid groups (broad SMARTS) is 1. The van der Waals surface area contributed by atoms with E-state index in [1.54, 1.807) is 13.3 Å². The van der Waals surface area contributed by atoms with Gasteiger partial charge in [0, 0.05) is 43.7 Å². The molecule has 384 valence electrons. The number of amides is 1. The third-order valence-corrected chi connectivity index (χ3v) is 15.9. The molecular formula is C59H94N5O5+. The van der Waals surface area contributed by atoms with E-state index < -0.39 is 5.97 Å². The molecule has 1 aromatic carbocycles. The van der Waals surface area contributed by atoms with Gasteiger partial charge in [-0.25, -0.2) is 9.97 Å². The van der Waals surface area contributed by atoms with E-state index in [1.165, 1.54) is 127 Å². The lowest BCUT2D eigenvalue weighted by molar-refractivity contribution is -0.923. The number of anilines is 2. The quantitative estimate of drug-likeness (QED) is 0.0459. The van der Waals surface area contributed by atoms with Crippen molar-refractivity contribution >= 4 is 23.4 Å². The Morgan fingerprint density at radius 3 is 1.94 bits per heavy atom. The Kier molecular flexibility index (Phi) is 23.6. The second-order valence-electron chi connectivity index (χ2n) is 21.7. The Balaban J connectivity index is 1.04. The van der Waals surface area contributed by atoms with Crippen LogP contribution in [0.2, 0.25) is 0 Å². The molecule has 1 saturated carbocycles. The van der Waals surface area contributed by atoms with E-state index in [4.69, 9.17) is 14.5 Å². The van der Waals surface area contributed by atoms with Crippen LogP contribution < -0.4 is 19.3 Å². The number of hydrogen-bond donors (Lipinski definition) is 1. The van der Waals surface area contributed by atoms with Gasteiger partial charge in [0.05, 0.1) is 57.6 Å². The van der Waals surface area contributed by atoms with Crippen molar-refractivity contribution in [2.45, 2.75) is 189 Å². The summed E-state index contributed by atoms with van der Waals surface area (Å²) >= 11 is 0. The number of unbranched alkanes of at least 4 members (excludes halogenated alkanes) is 15. The fraction of sp³-hybridized carbons (Fsp3) is 0.695. The zero-order chi connectivity index (χ0) is 49.5. The van der Waals surface area contributed by atoms with E-state index in [0.717, 1.165) is 74.3 Å². The lowest BCUT2D eigenvalue weighted by atomic mass is 9.85. The second kappa shape index (κ2) is 29.2. The fourth-order valence-electron chi connectivity index (χ4n) is 10.9. The van der Waals surface area contributed by atoms with Crippen molar-refractivity contribution in [3.8, 4) is 11.6 Å². The molecule has 10 nitrogen and oxygen atoms in total. The normalized spacial score (nSPS) is 15.0. The van der Waals surface area contributed by atoms with Crippen LogP contribution in [0.25, 0.3) is 0 Å². The van der Waals surface area contributed by atoms with E-state index >= 15 is 0 Å². The van der Waals surface area contributed by atoms with E-state index in [2.05, 4.69) is 44.5 Å². The number of carbonyl (C=O) groups excluding carboxylic acids is 1. The number of methoxy groups -OCH3 is 1. The molecule has 0 radical (unpaired) electrons. The number of hydrogen-bond acceptors (Lipinski definition) is 7. The molecule has 10 heteroatoms. The molecule has 0 spiro atoms. The Morgan fingerprint density at radius 1 is 0.797 bits per heavy atom. The predicted molar refractivity (Wildman–Crippen MR) is 285 cm³/mol. The predicted octanol–water partition coefficient (Wildman–Crippen LogP) is 14.2. The van der Waals surface area contributed by atoms with Crippen LogP contribution in [0.15, 0.2) is 54.7 Å². The molecule has 5 rings (SSSR count). The highest BCUT2D eigenvalue weighted by Crippen LogP contribution is 2.45. The Labute approximate surface area is 418 Å². The third-order valence-electron chi connectivity index (χ3n) is 15.9. The van der Waals surface area contributed by atoms with Gasteiger partial charge in [-0.3, -0.25) is 14.5 Å². The van der Waals surface area contributed by atoms with Crippen molar-refractivity contribution in [3.63, 3.8) is 0 Å². The number of quaternary nitrogens is 1. The Morgan fingerprint density at radius 2 is 1.39 bits per heavy atom. The first kappa shape index (κ1) is 55.7. The van der Waals surface area contributed by atoms with Gasteiger partial charge in [-0.05, 0) is 132 Å². The molecule has 69 heavy (non-hydrogen) atoms. The topological polar surface area (TPSA) is 105 Å². The van der Waals surface area contributed by atoms with E-state index in [-0.39, 0.29) is 23.7 Å². The number of benzene rings is 1. The summed E-state index contributed by atoms with van der Waals surface area (Å²) in [7, 11) is 1.68. The van der Waals surface area contributed by atoms with Crippen LogP contribution in [0.5, 0.6) is 11.6 Å². The monoisotopic (exact) mass is 953 g/mol. The first-order valence-corrected chi connectivity index (χ1v) is 27.7. The number of aryl methyl sites for hydroxylation is 1. The number of pyridine rings is 2. The fourth-order valence-corrected chi connectivity index (χ4v) is 10.9. The van der Waals surface area contributed by atoms with Gasteiger partial charge in [-0.2, -0.15) is 0 Å². The average molecular weight is 953 g/mol. The van der Waals surface area contributed by atoms with Gasteiger partial charge in [-0.15, -0.1) is 0 Å². The summed E-state index contributed by atoms with van der Waals surface area (Å²) in [6.07, 6.45) is 28.7. The molecule has 3 heterocycles. The highest BCUT2D eigenvalue weighted by Gasteiger charge is 2.35. The summed E-state index contributed by atoms with van der Waals surface area (Å²) in [6.45, 7) is 21.5. The van der Waals surface area contributed by atoms with Crippen LogP contribution in [0, 0.1) is 24.2 Å². The average Bonchev–Trinajstić information content (AvgIpc) is 4.21. The molecule has 1 aliphatic carbocycles. The molecule has 3 aromatic rings. The summed E-state index contributed by atoms with van der Waals surface area (Å²) in [4.78, 5) is 40.1. The second-order valence-corrected chi connectivity index (χ2v) is 21.7. The molecule has 2 aliphatic rings. The molecule has 0 unspecified atom stereocenters. The van der Waals surface area contributed by atoms with E-state index in [0.29, 0.717) is 42.2 Å². The van der Waals surface area contributed by atoms with Crippen LogP contribution in [-0.4, -0.2) is 91.0 Å². The number of nitrogens with zero attached hydrogens (tertiary/aromatic N) is 5. The lowest BCUT2D eigenvalue weighted by Gasteiger charge is -2.36. The molecule has 2 fully saturated rings. The van der Waals surface area contributed by atoms with Crippen molar-refractivity contribution in [1.82, 2.24) is 9.97 Å². The number of rotatable bonds is 35. The number of aromatic nitrogens is 2. The Hall–Kier alpha value is -4.18. The van der Waals surface area contributed by atoms with Gasteiger partial charge in [0.1, 0.15) is 11.6 Å². The van der Waals surface area contributed by atoms with Gasteiger partial charge >= 0.3 is 5.97 Å². The molecule has 1 aliphatic heterocycles. The first-order chi connectivity index (χ1) is 33.4. The summed E-state index contributed by atoms with van der Waals surface area (Å²) in [5, 5.41) is 9.52. The number of carboxylic acids is 1. The summed E-state index contributed by atoms with van der Waals surface area (Å²) < 4.78 is 13.3. The van der Waals surface area contributed by atoms with Gasteiger partial charge in [0.2, 0.25) is 5.88 Å². The molecule has 2 aromatic heterocycles. The Bertz CT molecular complexity index is 1950. The zero-order valence-corrected chi connectivity index (χ0v) is 44.5. The van der Waals surface area contributed by atoms with Gasteiger partial charge in [0.15, 0.2) is 0 Å². The maximum atomic E-state index is 14.9. The van der Waals surface area contributed by atoms with Gasteiger partial charge < -0.3 is 24.0 Å². The largest absolute Gasteiger partial charge is 0.497 e. The van der Waals surface area contributed by atoms with Crippen LogP contribution in [-0.2, 0) is 4.79 Å². The summed E-state index contributed by atoms with van der Waals surface area (Å²) in [6, 6.07) is 15.7. The van der Waals surface area contributed by atoms with Crippen molar-refractivity contribution in [1.29, 1.82) is 0 Å². The van der Waals surface area contributed by atoms with Crippen molar-refractivity contribution < 1.29 is 28.7 Å². The maximum absolute atomic E-state index is 14.9. The van der Waals surface area contributed by atoms with Gasteiger partial charge in [0.25, 0.3) is 5.91 Å². The molecule has 1 N–H and O–H groups in total. The lowest BCUT2D eigenvalue weighted by Crippen LogP contribution is -2.48. The number of aliphatic carboxylic acids is 1. The third kappa shape index (κ3) is 18.8. The van der Waals surface area contributed by atoms with E-state index in [9.17, 15) is 14.7 Å². The summed E-state index contributed by atoms with van der Waals surface area (Å²) in [5.41, 5.74) is 3.35. The first-order valence-electron chi connectivity index (χ1n) is 27.7. The van der Waals surface area contributed by atoms with Crippen LogP contribution in [0.1, 0.15) is 203 Å². The minimum Gasteiger partial charge on any atom is -0.497 e. The summed E-state index contributed by atoms with van der Waals surface area (Å²) in [5.74, 6) is 1.94.